The van der Waals surface area contributed by atoms with Crippen molar-refractivity contribution in [2.75, 3.05) is 20.3 Å². The van der Waals surface area contributed by atoms with Crippen LogP contribution in [-0.2, 0) is 10.2 Å². The Morgan fingerprint density at radius 3 is 2.17 bits per heavy atom. The van der Waals surface area contributed by atoms with Crippen molar-refractivity contribution in [1.29, 1.82) is 0 Å². The van der Waals surface area contributed by atoms with E-state index >= 15 is 0 Å². The number of ether oxygens (including phenoxy) is 1. The van der Waals surface area contributed by atoms with Crippen LogP contribution >= 0.6 is 0 Å². The molecule has 2 heteroatoms. The zero-order valence-electron chi connectivity index (χ0n) is 12.5. The maximum Gasteiger partial charge on any atom is 0.0603 e. The number of nitrogens with one attached hydrogen (secondary N) is 1. The minimum Gasteiger partial charge on any atom is -0.379 e. The molecule has 0 unspecified atom stereocenters. The molecule has 0 bridgehead atoms. The molecule has 0 spiro atoms. The van der Waals surface area contributed by atoms with Crippen LogP contribution < -0.4 is 5.32 Å². The Kier molecular flexibility index (Phi) is 3.28. The molecule has 100 valence electrons. The van der Waals surface area contributed by atoms with E-state index < -0.39 is 0 Å². The van der Waals surface area contributed by atoms with Crippen LogP contribution in [0.3, 0.4) is 0 Å². The number of benzene rings is 1. The first-order valence-corrected chi connectivity index (χ1v) is 6.70. The molecule has 1 aliphatic rings. The lowest BCUT2D eigenvalue weighted by atomic mass is 9.63. The first kappa shape index (κ1) is 13.6. The molecule has 1 N–H and O–H groups in total. The van der Waals surface area contributed by atoms with Crippen molar-refractivity contribution in [3.8, 4) is 0 Å². The van der Waals surface area contributed by atoms with Gasteiger partial charge in [-0.2, -0.15) is 0 Å². The molecule has 0 aromatic heterocycles. The molecule has 1 aliphatic heterocycles. The van der Waals surface area contributed by atoms with Gasteiger partial charge < -0.3 is 10.1 Å². The molecule has 1 fully saturated rings. The van der Waals surface area contributed by atoms with Crippen LogP contribution in [0, 0.1) is 20.8 Å². The van der Waals surface area contributed by atoms with E-state index in [0.29, 0.717) is 0 Å². The smallest absolute Gasteiger partial charge is 0.0603 e. The van der Waals surface area contributed by atoms with E-state index in [2.05, 4.69) is 52.1 Å². The van der Waals surface area contributed by atoms with Gasteiger partial charge in [-0.25, -0.2) is 0 Å². The summed E-state index contributed by atoms with van der Waals surface area (Å²) in [6.45, 7) is 12.8. The fraction of sp³-hybridized carbons (Fsp3) is 0.625. The molecule has 0 atom stereocenters. The lowest BCUT2D eigenvalue weighted by Crippen LogP contribution is -2.66. The molecular weight excluding hydrogens is 222 g/mol. The van der Waals surface area contributed by atoms with Crippen molar-refractivity contribution in [3.05, 3.63) is 34.4 Å². The van der Waals surface area contributed by atoms with Gasteiger partial charge in [0.15, 0.2) is 0 Å². The van der Waals surface area contributed by atoms with Gasteiger partial charge in [0.2, 0.25) is 0 Å². The van der Waals surface area contributed by atoms with Crippen LogP contribution in [0.25, 0.3) is 0 Å². The quantitative estimate of drug-likeness (QED) is 0.887. The normalized spacial score (nSPS) is 18.6. The standard InChI is InChI=1S/C16H25NO/c1-11-7-8-14(13(3)12(11)2)16(9-18-10-16)15(4,5)17-6/h7-8,17H,9-10H2,1-6H3. The van der Waals surface area contributed by atoms with Gasteiger partial charge in [-0.15, -0.1) is 0 Å². The van der Waals surface area contributed by atoms with E-state index in [4.69, 9.17) is 4.74 Å². The number of hydrogen-bond acceptors (Lipinski definition) is 2. The third-order valence-electron chi connectivity index (χ3n) is 5.09. The second-order valence-corrected chi connectivity index (χ2v) is 6.13. The van der Waals surface area contributed by atoms with Crippen molar-refractivity contribution >= 4 is 0 Å². The molecule has 0 saturated carbocycles. The molecule has 1 saturated heterocycles. The summed E-state index contributed by atoms with van der Waals surface area (Å²) in [5, 5.41) is 3.46. The molecule has 2 nitrogen and oxygen atoms in total. The Bertz CT molecular complexity index is 458. The van der Waals surface area contributed by atoms with Gasteiger partial charge in [0.05, 0.1) is 18.6 Å². The topological polar surface area (TPSA) is 21.3 Å². The van der Waals surface area contributed by atoms with Crippen LogP contribution in [0.5, 0.6) is 0 Å². The molecule has 0 radical (unpaired) electrons. The Morgan fingerprint density at radius 1 is 1.11 bits per heavy atom. The molecule has 0 amide bonds. The summed E-state index contributed by atoms with van der Waals surface area (Å²) in [7, 11) is 2.04. The van der Waals surface area contributed by atoms with Gasteiger partial charge in [0.25, 0.3) is 0 Å². The highest BCUT2D eigenvalue weighted by atomic mass is 16.5. The van der Waals surface area contributed by atoms with Crippen molar-refractivity contribution < 1.29 is 4.74 Å². The average Bonchev–Trinajstić information content (AvgIpc) is 2.27. The van der Waals surface area contributed by atoms with Crippen molar-refractivity contribution in [3.63, 3.8) is 0 Å². The molecule has 18 heavy (non-hydrogen) atoms. The van der Waals surface area contributed by atoms with E-state index in [1.807, 2.05) is 7.05 Å². The van der Waals surface area contributed by atoms with Crippen molar-refractivity contribution in [2.24, 2.45) is 0 Å². The van der Waals surface area contributed by atoms with Crippen molar-refractivity contribution in [1.82, 2.24) is 5.32 Å². The summed E-state index contributed by atoms with van der Waals surface area (Å²) in [6, 6.07) is 4.53. The van der Waals surface area contributed by atoms with E-state index in [1.54, 1.807) is 0 Å². The van der Waals surface area contributed by atoms with Crippen LogP contribution in [0.15, 0.2) is 12.1 Å². The zero-order valence-corrected chi connectivity index (χ0v) is 12.5. The highest BCUT2D eigenvalue weighted by molar-refractivity contribution is 5.46. The molecule has 1 aromatic carbocycles. The highest BCUT2D eigenvalue weighted by Gasteiger charge is 2.52. The second kappa shape index (κ2) is 4.36. The lowest BCUT2D eigenvalue weighted by Gasteiger charge is -2.53. The summed E-state index contributed by atoms with van der Waals surface area (Å²) >= 11 is 0. The molecule has 1 aromatic rings. The van der Waals surface area contributed by atoms with Gasteiger partial charge in [-0.05, 0) is 63.9 Å². The van der Waals surface area contributed by atoms with Gasteiger partial charge in [0, 0.05) is 5.54 Å². The summed E-state index contributed by atoms with van der Waals surface area (Å²) in [6.07, 6.45) is 0. The van der Waals surface area contributed by atoms with Gasteiger partial charge in [0.1, 0.15) is 0 Å². The first-order chi connectivity index (χ1) is 8.35. The lowest BCUT2D eigenvalue weighted by molar-refractivity contribution is -0.0994. The van der Waals surface area contributed by atoms with Crippen molar-refractivity contribution in [2.45, 2.75) is 45.6 Å². The fourth-order valence-corrected chi connectivity index (χ4v) is 2.87. The minimum absolute atomic E-state index is 0.0394. The SMILES string of the molecule is CNC(C)(C)C1(c2ccc(C)c(C)c2C)COC1. The fourth-order valence-electron chi connectivity index (χ4n) is 2.87. The number of hydrogen-bond donors (Lipinski definition) is 1. The number of likely N-dealkylation sites (N-methyl/N-ethyl adjacent to an activating group) is 1. The largest absolute Gasteiger partial charge is 0.379 e. The Balaban J connectivity index is 2.56. The minimum atomic E-state index is 0.0394. The van der Waals surface area contributed by atoms with Crippen LogP contribution in [0.1, 0.15) is 36.1 Å². The van der Waals surface area contributed by atoms with Crippen LogP contribution in [0.2, 0.25) is 0 Å². The zero-order chi connectivity index (χ0) is 13.6. The molecular formula is C16H25NO. The predicted molar refractivity (Wildman–Crippen MR) is 76.3 cm³/mol. The highest BCUT2D eigenvalue weighted by Crippen LogP contribution is 2.43. The second-order valence-electron chi connectivity index (χ2n) is 6.13. The maximum absolute atomic E-state index is 5.57. The molecule has 1 heterocycles. The Labute approximate surface area is 111 Å². The van der Waals surface area contributed by atoms with E-state index in [0.717, 1.165) is 13.2 Å². The third-order valence-corrected chi connectivity index (χ3v) is 5.09. The maximum atomic E-state index is 5.57. The monoisotopic (exact) mass is 247 g/mol. The number of aryl methyl sites for hydroxylation is 1. The van der Waals surface area contributed by atoms with Gasteiger partial charge in [-0.1, -0.05) is 12.1 Å². The summed E-state index contributed by atoms with van der Waals surface area (Å²) < 4.78 is 5.57. The Hall–Kier alpha value is -0.860. The summed E-state index contributed by atoms with van der Waals surface area (Å²) in [5.74, 6) is 0. The van der Waals surface area contributed by atoms with Gasteiger partial charge in [-0.3, -0.25) is 0 Å². The summed E-state index contributed by atoms with van der Waals surface area (Å²) in [5.41, 5.74) is 5.78. The van der Waals surface area contributed by atoms with E-state index in [-0.39, 0.29) is 11.0 Å². The Morgan fingerprint density at radius 2 is 1.72 bits per heavy atom. The average molecular weight is 247 g/mol. The third kappa shape index (κ3) is 1.70. The molecule has 2 rings (SSSR count). The first-order valence-electron chi connectivity index (χ1n) is 6.70. The van der Waals surface area contributed by atoms with E-state index in [1.165, 1.54) is 22.3 Å². The molecule has 0 aliphatic carbocycles. The number of rotatable bonds is 3. The van der Waals surface area contributed by atoms with Crippen LogP contribution in [-0.4, -0.2) is 25.8 Å². The van der Waals surface area contributed by atoms with Crippen LogP contribution in [0.4, 0.5) is 0 Å². The van der Waals surface area contributed by atoms with E-state index in [9.17, 15) is 0 Å². The predicted octanol–water partition coefficient (Wildman–Crippen LogP) is 2.88. The van der Waals surface area contributed by atoms with Gasteiger partial charge >= 0.3 is 0 Å². The summed E-state index contributed by atoms with van der Waals surface area (Å²) in [4.78, 5) is 0.